The summed E-state index contributed by atoms with van der Waals surface area (Å²) >= 11 is 0. The highest BCUT2D eigenvalue weighted by Gasteiger charge is 2.16. The molecule has 0 atom stereocenters. The van der Waals surface area contributed by atoms with Crippen LogP contribution in [-0.4, -0.2) is 48.6 Å². The zero-order chi connectivity index (χ0) is 23.8. The Hall–Kier alpha value is -3.65. The molecule has 1 saturated heterocycles. The third kappa shape index (κ3) is 6.45. The minimum Gasteiger partial charge on any atom is -0.492 e. The van der Waals surface area contributed by atoms with Gasteiger partial charge in [-0.1, -0.05) is 30.3 Å². The first-order chi connectivity index (χ1) is 16.6. The molecular weight excluding hydrogens is 433 g/mol. The number of amides is 1. The Labute approximate surface area is 199 Å². The molecule has 0 saturated carbocycles. The Morgan fingerprint density at radius 1 is 1.06 bits per heavy atom. The van der Waals surface area contributed by atoms with Crippen LogP contribution in [0.1, 0.15) is 28.8 Å². The summed E-state index contributed by atoms with van der Waals surface area (Å²) < 4.78 is 20.5. The lowest BCUT2D eigenvalue weighted by Gasteiger charge is -2.15. The zero-order valence-corrected chi connectivity index (χ0v) is 19.1. The molecule has 7 nitrogen and oxygen atoms in total. The molecule has 4 rings (SSSR count). The number of anilines is 3. The highest BCUT2D eigenvalue weighted by Crippen LogP contribution is 2.25. The molecular formula is C26H30FN5O2. The van der Waals surface area contributed by atoms with Gasteiger partial charge < -0.3 is 21.1 Å². The first-order valence-electron chi connectivity index (χ1n) is 11.6. The largest absolute Gasteiger partial charge is 0.492 e. The van der Waals surface area contributed by atoms with Gasteiger partial charge in [-0.2, -0.15) is 0 Å². The van der Waals surface area contributed by atoms with E-state index < -0.39 is 11.7 Å². The summed E-state index contributed by atoms with van der Waals surface area (Å²) in [6.45, 7) is 4.35. The van der Waals surface area contributed by atoms with Crippen molar-refractivity contribution in [2.75, 3.05) is 43.4 Å². The van der Waals surface area contributed by atoms with Gasteiger partial charge in [-0.15, -0.1) is 0 Å². The number of hydrogen-bond donors (Lipinski definition) is 3. The van der Waals surface area contributed by atoms with Crippen molar-refractivity contribution in [1.29, 1.82) is 0 Å². The smallest absolute Gasteiger partial charge is 0.252 e. The van der Waals surface area contributed by atoms with E-state index in [4.69, 9.17) is 10.5 Å². The standard InChI is InChI=1S/C26H30FN5O2/c27-23-18-22(24(28)33)25(29-13-12-19-6-2-1-3-7-19)31-26(23)30-20-8-10-21(11-9-20)34-17-16-32-14-4-5-15-32/h1-3,6-11,18H,4-5,12-17H2,(H2,28,33)(H2,29,30,31). The lowest BCUT2D eigenvalue weighted by Crippen LogP contribution is -2.25. The maximum atomic E-state index is 14.7. The fourth-order valence-electron chi connectivity index (χ4n) is 3.94. The summed E-state index contributed by atoms with van der Waals surface area (Å²) in [6.07, 6.45) is 3.24. The predicted molar refractivity (Wildman–Crippen MR) is 132 cm³/mol. The molecule has 2 heterocycles. The summed E-state index contributed by atoms with van der Waals surface area (Å²) in [6, 6.07) is 18.3. The number of pyridine rings is 1. The quantitative estimate of drug-likeness (QED) is 0.395. The summed E-state index contributed by atoms with van der Waals surface area (Å²) in [7, 11) is 0. The van der Waals surface area contributed by atoms with E-state index in [0.717, 1.165) is 43.4 Å². The van der Waals surface area contributed by atoms with Crippen LogP contribution in [0.4, 0.5) is 21.7 Å². The van der Waals surface area contributed by atoms with Crippen LogP contribution in [0, 0.1) is 5.82 Å². The number of halogens is 1. The monoisotopic (exact) mass is 463 g/mol. The number of carbonyl (C=O) groups excluding carboxylic acids is 1. The van der Waals surface area contributed by atoms with Crippen molar-refractivity contribution in [3.8, 4) is 5.75 Å². The average Bonchev–Trinajstić information content (AvgIpc) is 3.36. The van der Waals surface area contributed by atoms with Crippen LogP contribution in [0.25, 0.3) is 0 Å². The lowest BCUT2D eigenvalue weighted by atomic mass is 10.1. The topological polar surface area (TPSA) is 92.5 Å². The second kappa shape index (κ2) is 11.5. The number of nitrogens with zero attached hydrogens (tertiary/aromatic N) is 2. The van der Waals surface area contributed by atoms with Gasteiger partial charge >= 0.3 is 0 Å². The van der Waals surface area contributed by atoms with Crippen LogP contribution < -0.4 is 21.1 Å². The molecule has 34 heavy (non-hydrogen) atoms. The number of nitrogens with two attached hydrogens (primary N) is 1. The van der Waals surface area contributed by atoms with E-state index in [1.165, 1.54) is 12.8 Å². The highest BCUT2D eigenvalue weighted by molar-refractivity contribution is 5.98. The Balaban J connectivity index is 1.38. The highest BCUT2D eigenvalue weighted by atomic mass is 19.1. The van der Waals surface area contributed by atoms with Gasteiger partial charge in [0.15, 0.2) is 11.6 Å². The van der Waals surface area contributed by atoms with Crippen LogP contribution in [0.15, 0.2) is 60.7 Å². The van der Waals surface area contributed by atoms with E-state index in [9.17, 15) is 9.18 Å². The van der Waals surface area contributed by atoms with Gasteiger partial charge in [0.25, 0.3) is 5.91 Å². The average molecular weight is 464 g/mol. The van der Waals surface area contributed by atoms with Gasteiger partial charge in [-0.3, -0.25) is 9.69 Å². The minimum absolute atomic E-state index is 0.00918. The van der Waals surface area contributed by atoms with Crippen molar-refractivity contribution >= 4 is 23.2 Å². The van der Waals surface area contributed by atoms with Gasteiger partial charge in [-0.25, -0.2) is 9.37 Å². The molecule has 0 aliphatic carbocycles. The van der Waals surface area contributed by atoms with E-state index in [0.29, 0.717) is 18.8 Å². The number of hydrogen-bond acceptors (Lipinski definition) is 6. The number of likely N-dealkylation sites (tertiary alicyclic amines) is 1. The molecule has 0 unspecified atom stereocenters. The van der Waals surface area contributed by atoms with Crippen LogP contribution >= 0.6 is 0 Å². The van der Waals surface area contributed by atoms with Crippen LogP contribution in [0.2, 0.25) is 0 Å². The molecule has 0 radical (unpaired) electrons. The molecule has 1 aromatic heterocycles. The van der Waals surface area contributed by atoms with Crippen molar-refractivity contribution in [3.63, 3.8) is 0 Å². The molecule has 4 N–H and O–H groups in total. The maximum Gasteiger partial charge on any atom is 0.252 e. The third-order valence-electron chi connectivity index (χ3n) is 5.78. The minimum atomic E-state index is -0.740. The molecule has 1 fully saturated rings. The van der Waals surface area contributed by atoms with Gasteiger partial charge in [0.05, 0.1) is 5.56 Å². The Morgan fingerprint density at radius 3 is 2.50 bits per heavy atom. The van der Waals surface area contributed by atoms with E-state index in [-0.39, 0.29) is 17.2 Å². The predicted octanol–water partition coefficient (Wildman–Crippen LogP) is 4.19. The fourth-order valence-corrected chi connectivity index (χ4v) is 3.94. The van der Waals surface area contributed by atoms with Gasteiger partial charge in [-0.05, 0) is 68.2 Å². The van der Waals surface area contributed by atoms with Crippen molar-refractivity contribution in [1.82, 2.24) is 9.88 Å². The van der Waals surface area contributed by atoms with Crippen LogP contribution in [-0.2, 0) is 6.42 Å². The lowest BCUT2D eigenvalue weighted by molar-refractivity contribution is 0.100. The second-order valence-corrected chi connectivity index (χ2v) is 8.29. The van der Waals surface area contributed by atoms with E-state index in [1.54, 1.807) is 12.1 Å². The summed E-state index contributed by atoms with van der Waals surface area (Å²) in [4.78, 5) is 18.5. The molecule has 0 bridgehead atoms. The molecule has 1 aliphatic rings. The van der Waals surface area contributed by atoms with Gasteiger partial charge in [0.1, 0.15) is 18.2 Å². The molecule has 1 aliphatic heterocycles. The van der Waals surface area contributed by atoms with E-state index in [2.05, 4.69) is 20.5 Å². The molecule has 178 valence electrons. The Bertz CT molecular complexity index is 1090. The fraction of sp³-hybridized carbons (Fsp3) is 0.308. The Morgan fingerprint density at radius 2 is 1.79 bits per heavy atom. The third-order valence-corrected chi connectivity index (χ3v) is 5.78. The number of carbonyl (C=O) groups is 1. The first kappa shape index (κ1) is 23.5. The zero-order valence-electron chi connectivity index (χ0n) is 19.1. The second-order valence-electron chi connectivity index (χ2n) is 8.29. The van der Waals surface area contributed by atoms with Crippen molar-refractivity contribution < 1.29 is 13.9 Å². The number of ether oxygens (including phenoxy) is 1. The number of rotatable bonds is 11. The molecule has 0 spiro atoms. The number of aromatic nitrogens is 1. The number of benzene rings is 2. The van der Waals surface area contributed by atoms with Crippen LogP contribution in [0.5, 0.6) is 5.75 Å². The molecule has 3 aromatic rings. The molecule has 1 amide bonds. The molecule has 8 heteroatoms. The van der Waals surface area contributed by atoms with Crippen molar-refractivity contribution in [2.24, 2.45) is 5.73 Å². The summed E-state index contributed by atoms with van der Waals surface area (Å²) in [5.41, 5.74) is 7.25. The first-order valence-corrected chi connectivity index (χ1v) is 11.6. The Kier molecular flexibility index (Phi) is 7.93. The summed E-state index contributed by atoms with van der Waals surface area (Å²) in [5, 5.41) is 6.08. The maximum absolute atomic E-state index is 14.7. The molecule has 2 aromatic carbocycles. The van der Waals surface area contributed by atoms with Gasteiger partial charge in [0, 0.05) is 18.8 Å². The van der Waals surface area contributed by atoms with Gasteiger partial charge in [0.2, 0.25) is 0 Å². The normalized spacial score (nSPS) is 13.6. The van der Waals surface area contributed by atoms with E-state index in [1.807, 2.05) is 42.5 Å². The van der Waals surface area contributed by atoms with Crippen molar-refractivity contribution in [2.45, 2.75) is 19.3 Å². The van der Waals surface area contributed by atoms with Crippen molar-refractivity contribution in [3.05, 3.63) is 77.6 Å². The number of nitrogens with one attached hydrogen (secondary N) is 2. The van der Waals surface area contributed by atoms with Crippen LogP contribution in [0.3, 0.4) is 0 Å². The number of primary amides is 1. The SMILES string of the molecule is NC(=O)c1cc(F)c(Nc2ccc(OCCN3CCCC3)cc2)nc1NCCc1ccccc1. The van der Waals surface area contributed by atoms with E-state index >= 15 is 0 Å². The summed E-state index contributed by atoms with van der Waals surface area (Å²) in [5.74, 6) is -0.390.